The van der Waals surface area contributed by atoms with Crippen molar-refractivity contribution in [1.29, 1.82) is 5.26 Å². The van der Waals surface area contributed by atoms with Crippen molar-refractivity contribution in [2.75, 3.05) is 31.6 Å². The van der Waals surface area contributed by atoms with Crippen molar-refractivity contribution in [3.63, 3.8) is 0 Å². The van der Waals surface area contributed by atoms with Crippen molar-refractivity contribution in [2.45, 2.75) is 13.0 Å². The molecule has 0 aliphatic carbocycles. The van der Waals surface area contributed by atoms with E-state index in [1.54, 1.807) is 11.8 Å². The molecule has 10 nitrogen and oxygen atoms in total. The van der Waals surface area contributed by atoms with Gasteiger partial charge in [-0.25, -0.2) is 14.0 Å². The quantitative estimate of drug-likeness (QED) is 0.419. The summed E-state index contributed by atoms with van der Waals surface area (Å²) in [6, 6.07) is 5.57. The summed E-state index contributed by atoms with van der Waals surface area (Å²) in [7, 11) is 0. The zero-order chi connectivity index (χ0) is 26.6. The van der Waals surface area contributed by atoms with E-state index in [-0.39, 0.29) is 69.1 Å². The number of carbonyl (C=O) groups excluding carboxylic acids is 1. The second-order valence-corrected chi connectivity index (χ2v) is 10.0. The van der Waals surface area contributed by atoms with Crippen LogP contribution < -0.4 is 10.1 Å². The number of halogens is 2. The maximum atomic E-state index is 14.8. The third-order valence-corrected chi connectivity index (χ3v) is 7.94. The zero-order valence-electron chi connectivity index (χ0n) is 19.2. The molecule has 0 bridgehead atoms. The van der Waals surface area contributed by atoms with Crippen LogP contribution in [0.25, 0.3) is 21.2 Å². The van der Waals surface area contributed by atoms with Crippen molar-refractivity contribution < 1.29 is 33.7 Å². The molecule has 0 spiro atoms. The first kappa shape index (κ1) is 24.6. The molecule has 13 heteroatoms. The predicted molar refractivity (Wildman–Crippen MR) is 133 cm³/mol. The molecule has 0 radical (unpaired) electrons. The number of fused-ring (bicyclic) bond motifs is 3. The van der Waals surface area contributed by atoms with Gasteiger partial charge in [-0.2, -0.15) is 5.26 Å². The summed E-state index contributed by atoms with van der Waals surface area (Å²) in [5, 5.41) is 30.8. The first-order valence-corrected chi connectivity index (χ1v) is 12.2. The summed E-state index contributed by atoms with van der Waals surface area (Å²) in [4.78, 5) is 38.9. The van der Waals surface area contributed by atoms with Crippen molar-refractivity contribution >= 4 is 56.1 Å². The van der Waals surface area contributed by atoms with Gasteiger partial charge in [0.05, 0.1) is 21.9 Å². The SMILES string of the molecule is Cc1c2c(cc(Cl)c1-c1ccc(F)c3sc(NC(=O)O)c(C#N)c13)C(=O)N1CCN(C(=O)O)C[C@@H]1CO2. The topological polar surface area (TPSA) is 143 Å². The maximum absolute atomic E-state index is 14.8. The second kappa shape index (κ2) is 9.10. The molecule has 5 rings (SSSR count). The lowest BCUT2D eigenvalue weighted by Crippen LogP contribution is -2.57. The number of carboxylic acid groups (broad SMARTS) is 2. The molecule has 0 saturated carbocycles. The van der Waals surface area contributed by atoms with Crippen LogP contribution in [0, 0.1) is 24.1 Å². The minimum absolute atomic E-state index is 0.0221. The van der Waals surface area contributed by atoms with E-state index >= 15 is 0 Å². The molecule has 1 saturated heterocycles. The number of carbonyl (C=O) groups is 3. The van der Waals surface area contributed by atoms with E-state index < -0.39 is 24.0 Å². The summed E-state index contributed by atoms with van der Waals surface area (Å²) in [6.45, 7) is 2.22. The average Bonchev–Trinajstić information content (AvgIpc) is 3.15. The number of ether oxygens (including phenoxy) is 1. The van der Waals surface area contributed by atoms with Crippen LogP contribution in [0.15, 0.2) is 18.2 Å². The minimum Gasteiger partial charge on any atom is -0.490 e. The third-order valence-electron chi connectivity index (χ3n) is 6.53. The fourth-order valence-electron chi connectivity index (χ4n) is 4.88. The third kappa shape index (κ3) is 3.96. The highest BCUT2D eigenvalue weighted by atomic mass is 35.5. The highest BCUT2D eigenvalue weighted by Gasteiger charge is 2.38. The summed E-state index contributed by atoms with van der Waals surface area (Å²) in [6.07, 6.45) is -2.47. The molecule has 1 fully saturated rings. The van der Waals surface area contributed by atoms with Crippen LogP contribution in [0.3, 0.4) is 0 Å². The Morgan fingerprint density at radius 1 is 1.30 bits per heavy atom. The normalized spacial score (nSPS) is 16.9. The molecule has 3 heterocycles. The lowest BCUT2D eigenvalue weighted by Gasteiger charge is -2.38. The average molecular weight is 545 g/mol. The van der Waals surface area contributed by atoms with Gasteiger partial charge >= 0.3 is 12.2 Å². The van der Waals surface area contributed by atoms with E-state index in [0.29, 0.717) is 16.7 Å². The molecular formula is C24H18ClFN4O6S. The Labute approximate surface area is 218 Å². The van der Waals surface area contributed by atoms with Crippen LogP contribution in [0.4, 0.5) is 19.0 Å². The molecule has 1 atom stereocenters. The second-order valence-electron chi connectivity index (χ2n) is 8.57. The van der Waals surface area contributed by atoms with Gasteiger partial charge < -0.3 is 24.7 Å². The van der Waals surface area contributed by atoms with Crippen LogP contribution in [0.5, 0.6) is 5.75 Å². The summed E-state index contributed by atoms with van der Waals surface area (Å²) >= 11 is 7.49. The number of hydrogen-bond acceptors (Lipinski definition) is 6. The van der Waals surface area contributed by atoms with E-state index in [9.17, 15) is 29.1 Å². The van der Waals surface area contributed by atoms with Crippen LogP contribution >= 0.6 is 22.9 Å². The van der Waals surface area contributed by atoms with Crippen LogP contribution in [0.1, 0.15) is 21.5 Å². The van der Waals surface area contributed by atoms with Crippen LogP contribution in [0.2, 0.25) is 5.02 Å². The molecule has 3 amide bonds. The van der Waals surface area contributed by atoms with Gasteiger partial charge in [0.25, 0.3) is 5.91 Å². The Balaban J connectivity index is 1.67. The number of nitrogens with zero attached hydrogens (tertiary/aromatic N) is 3. The number of amides is 3. The molecular weight excluding hydrogens is 527 g/mol. The minimum atomic E-state index is -1.39. The Morgan fingerprint density at radius 2 is 2.05 bits per heavy atom. The Morgan fingerprint density at radius 3 is 2.73 bits per heavy atom. The van der Waals surface area contributed by atoms with E-state index in [1.807, 2.05) is 6.07 Å². The fraction of sp³-hybridized carbons (Fsp3) is 0.250. The van der Waals surface area contributed by atoms with Gasteiger partial charge in [-0.3, -0.25) is 10.1 Å². The highest BCUT2D eigenvalue weighted by molar-refractivity contribution is 7.23. The molecule has 2 aliphatic rings. The number of nitriles is 1. The van der Waals surface area contributed by atoms with Gasteiger partial charge in [-0.1, -0.05) is 17.7 Å². The molecule has 3 aromatic rings. The van der Waals surface area contributed by atoms with Gasteiger partial charge in [0.1, 0.15) is 29.2 Å². The van der Waals surface area contributed by atoms with Crippen molar-refractivity contribution in [3.05, 3.63) is 45.7 Å². The summed E-state index contributed by atoms with van der Waals surface area (Å²) in [5.41, 5.74) is 1.42. The Kier molecular flexibility index (Phi) is 6.05. The van der Waals surface area contributed by atoms with E-state index in [1.165, 1.54) is 23.1 Å². The van der Waals surface area contributed by atoms with Gasteiger partial charge in [0.15, 0.2) is 0 Å². The smallest absolute Gasteiger partial charge is 0.409 e. The lowest BCUT2D eigenvalue weighted by molar-refractivity contribution is 0.0390. The maximum Gasteiger partial charge on any atom is 0.409 e. The van der Waals surface area contributed by atoms with Crippen LogP contribution in [-0.4, -0.2) is 70.4 Å². The van der Waals surface area contributed by atoms with E-state index in [0.717, 1.165) is 11.3 Å². The van der Waals surface area contributed by atoms with Gasteiger partial charge in [-0.05, 0) is 24.6 Å². The van der Waals surface area contributed by atoms with E-state index in [4.69, 9.17) is 21.4 Å². The number of benzene rings is 2. The Hall–Kier alpha value is -4.08. The van der Waals surface area contributed by atoms with Crippen molar-refractivity contribution in [3.8, 4) is 22.9 Å². The molecule has 190 valence electrons. The number of piperazine rings is 1. The molecule has 37 heavy (non-hydrogen) atoms. The van der Waals surface area contributed by atoms with E-state index in [2.05, 4.69) is 5.32 Å². The van der Waals surface area contributed by atoms with Gasteiger partial charge in [-0.15, -0.1) is 11.3 Å². The number of anilines is 1. The standard InChI is InChI=1S/C24H18ClFN4O6S/c1-10-17(12-2-3-16(26)20-18(12)14(7-27)21(37-20)28-23(32)33)15(25)6-13-19(10)36-9-11-8-29(24(34)35)4-5-30(11)22(13)31/h2-3,6,11,28H,4-5,8-9H2,1H3,(H,32,33)(H,34,35)/t11-/m1/s1. The monoisotopic (exact) mass is 544 g/mol. The predicted octanol–water partition coefficient (Wildman–Crippen LogP) is 4.83. The van der Waals surface area contributed by atoms with Gasteiger partial charge in [0.2, 0.25) is 0 Å². The Bertz CT molecular complexity index is 1550. The zero-order valence-corrected chi connectivity index (χ0v) is 20.7. The first-order chi connectivity index (χ1) is 17.6. The largest absolute Gasteiger partial charge is 0.490 e. The highest BCUT2D eigenvalue weighted by Crippen LogP contribution is 2.47. The molecule has 1 aromatic heterocycles. The number of nitrogens with one attached hydrogen (secondary N) is 1. The number of hydrogen-bond donors (Lipinski definition) is 3. The van der Waals surface area contributed by atoms with Crippen molar-refractivity contribution in [1.82, 2.24) is 9.80 Å². The molecule has 2 aromatic carbocycles. The molecule has 3 N–H and O–H groups in total. The number of thiophene rings is 1. The summed E-state index contributed by atoms with van der Waals surface area (Å²) in [5.74, 6) is -0.714. The number of rotatable bonds is 2. The fourth-order valence-corrected chi connectivity index (χ4v) is 6.30. The van der Waals surface area contributed by atoms with Gasteiger partial charge in [0, 0.05) is 41.2 Å². The van der Waals surface area contributed by atoms with Crippen LogP contribution in [-0.2, 0) is 0 Å². The summed E-state index contributed by atoms with van der Waals surface area (Å²) < 4.78 is 20.9. The van der Waals surface area contributed by atoms with Crippen molar-refractivity contribution in [2.24, 2.45) is 0 Å². The first-order valence-electron chi connectivity index (χ1n) is 11.0. The molecule has 0 unspecified atom stereocenters. The molecule has 2 aliphatic heterocycles. The lowest BCUT2D eigenvalue weighted by atomic mass is 9.93.